The van der Waals surface area contributed by atoms with Crippen LogP contribution in [0.1, 0.15) is 25.8 Å². The van der Waals surface area contributed by atoms with Crippen LogP contribution in [0.2, 0.25) is 0 Å². The van der Waals surface area contributed by atoms with Gasteiger partial charge in [-0.05, 0) is 11.5 Å². The molecule has 1 aromatic carbocycles. The number of carbonyl (C=O) groups excluding carboxylic acids is 2. The summed E-state index contributed by atoms with van der Waals surface area (Å²) in [7, 11) is 0. The molecule has 182 valence electrons. The maximum atomic E-state index is 12.6. The van der Waals surface area contributed by atoms with Crippen LogP contribution in [-0.4, -0.2) is 50.8 Å². The van der Waals surface area contributed by atoms with E-state index in [0.29, 0.717) is 6.42 Å². The molecule has 0 bridgehead atoms. The molecule has 0 unspecified atom stereocenters. The molecule has 0 fully saturated rings. The molecule has 2 aromatic heterocycles. The fraction of sp³-hybridized carbons (Fsp3) is 0.409. The lowest BCUT2D eigenvalue weighted by Gasteiger charge is -2.22. The van der Waals surface area contributed by atoms with E-state index in [2.05, 4.69) is 20.3 Å². The Hall–Kier alpha value is -3.93. The number of anilines is 1. The first-order chi connectivity index (χ1) is 16.4. The molecule has 2 atom stereocenters. The van der Waals surface area contributed by atoms with Gasteiger partial charge in [0.2, 0.25) is 5.95 Å². The fourth-order valence-corrected chi connectivity index (χ4v) is 3.08. The van der Waals surface area contributed by atoms with Gasteiger partial charge in [-0.3, -0.25) is 14.3 Å². The molecule has 0 aliphatic carbocycles. The van der Waals surface area contributed by atoms with Gasteiger partial charge in [0.05, 0.1) is 12.9 Å². The number of aromatic amines is 1. The number of aromatic nitrogens is 4. The van der Waals surface area contributed by atoms with Crippen molar-refractivity contribution in [3.63, 3.8) is 0 Å². The van der Waals surface area contributed by atoms with Gasteiger partial charge in [0.25, 0.3) is 5.56 Å². The van der Waals surface area contributed by atoms with Crippen molar-refractivity contribution in [1.29, 1.82) is 0 Å². The monoisotopic (exact) mass is 472 g/mol. The van der Waals surface area contributed by atoms with Crippen molar-refractivity contribution in [3.8, 4) is 0 Å². The van der Waals surface area contributed by atoms with Crippen LogP contribution in [0, 0.1) is 5.92 Å². The van der Waals surface area contributed by atoms with Gasteiger partial charge in [-0.15, -0.1) is 0 Å². The molecule has 0 saturated carbocycles. The molecule has 0 radical (unpaired) electrons. The first kappa shape index (κ1) is 24.7. The number of fused-ring (bicyclic) bond motifs is 1. The van der Waals surface area contributed by atoms with Gasteiger partial charge in [-0.25, -0.2) is 14.6 Å². The van der Waals surface area contributed by atoms with E-state index in [-0.39, 0.29) is 49.6 Å². The van der Waals surface area contributed by atoms with Crippen LogP contribution in [0.25, 0.3) is 11.2 Å². The second-order valence-corrected chi connectivity index (χ2v) is 7.61. The average molecular weight is 473 g/mol. The molecular formula is C22H28N6O6. The van der Waals surface area contributed by atoms with E-state index < -0.39 is 23.7 Å². The third-order valence-electron chi connectivity index (χ3n) is 5.15. The summed E-state index contributed by atoms with van der Waals surface area (Å²) in [5.41, 5.74) is 6.39. The predicted molar refractivity (Wildman–Crippen MR) is 122 cm³/mol. The number of hydrogen-bond donors (Lipinski definition) is 3. The number of nitrogens with one attached hydrogen (secondary N) is 2. The van der Waals surface area contributed by atoms with E-state index in [0.717, 1.165) is 5.56 Å². The lowest BCUT2D eigenvalue weighted by Crippen LogP contribution is -2.46. The quantitative estimate of drug-likeness (QED) is 0.277. The number of H-pyrrole nitrogens is 1. The van der Waals surface area contributed by atoms with Crippen molar-refractivity contribution in [2.24, 2.45) is 5.92 Å². The Kier molecular flexibility index (Phi) is 8.57. The minimum atomic E-state index is -0.857. The summed E-state index contributed by atoms with van der Waals surface area (Å²) in [5, 5.41) is 2.59. The number of nitrogen functional groups attached to an aromatic ring is 1. The van der Waals surface area contributed by atoms with Gasteiger partial charge >= 0.3 is 12.1 Å². The van der Waals surface area contributed by atoms with Gasteiger partial charge in [-0.1, -0.05) is 50.6 Å². The maximum Gasteiger partial charge on any atom is 0.408 e. The molecule has 4 N–H and O–H groups in total. The minimum absolute atomic E-state index is 0.0286. The first-order valence-electron chi connectivity index (χ1n) is 10.8. The number of imidazole rings is 1. The van der Waals surface area contributed by atoms with Gasteiger partial charge in [0.15, 0.2) is 11.2 Å². The van der Waals surface area contributed by atoms with E-state index in [1.54, 1.807) is 0 Å². The average Bonchev–Trinajstić information content (AvgIpc) is 3.24. The van der Waals surface area contributed by atoms with Crippen molar-refractivity contribution >= 4 is 29.2 Å². The summed E-state index contributed by atoms with van der Waals surface area (Å²) in [4.78, 5) is 47.0. The smallest absolute Gasteiger partial charge is 0.408 e. The number of rotatable bonds is 11. The third kappa shape index (κ3) is 6.54. The number of nitrogens with two attached hydrogens (primary N) is 1. The van der Waals surface area contributed by atoms with Crippen LogP contribution in [0.3, 0.4) is 0 Å². The number of esters is 1. The molecule has 1 amide bonds. The topological polar surface area (TPSA) is 163 Å². The molecular weight excluding hydrogens is 444 g/mol. The molecule has 12 nitrogen and oxygen atoms in total. The lowest BCUT2D eigenvalue weighted by molar-refractivity contribution is -0.149. The Labute approximate surface area is 195 Å². The summed E-state index contributed by atoms with van der Waals surface area (Å²) in [5.74, 6) is -0.771. The zero-order valence-corrected chi connectivity index (χ0v) is 19.0. The molecule has 3 aromatic rings. The van der Waals surface area contributed by atoms with Crippen LogP contribution in [0.5, 0.6) is 0 Å². The van der Waals surface area contributed by atoms with Crippen LogP contribution in [0.4, 0.5) is 10.7 Å². The Bertz CT molecular complexity index is 1160. The second kappa shape index (κ2) is 11.8. The van der Waals surface area contributed by atoms with E-state index >= 15 is 0 Å². The highest BCUT2D eigenvalue weighted by Crippen LogP contribution is 2.11. The molecule has 0 aliphatic heterocycles. The largest absolute Gasteiger partial charge is 0.462 e. The van der Waals surface area contributed by atoms with Crippen molar-refractivity contribution in [2.75, 3.05) is 18.9 Å². The number of benzene rings is 1. The summed E-state index contributed by atoms with van der Waals surface area (Å²) in [6.07, 6.45) is 1.36. The number of nitrogens with zero attached hydrogens (tertiary/aromatic N) is 3. The highest BCUT2D eigenvalue weighted by molar-refractivity contribution is 5.81. The van der Waals surface area contributed by atoms with E-state index in [9.17, 15) is 14.4 Å². The molecule has 3 rings (SSSR count). The number of alkyl carbamates (subject to hydrolysis) is 1. The van der Waals surface area contributed by atoms with E-state index in [4.69, 9.17) is 19.9 Å². The second-order valence-electron chi connectivity index (χ2n) is 7.61. The lowest BCUT2D eigenvalue weighted by atomic mass is 9.99. The van der Waals surface area contributed by atoms with Crippen LogP contribution in [0.15, 0.2) is 41.5 Å². The van der Waals surface area contributed by atoms with Gasteiger partial charge < -0.3 is 25.3 Å². The zero-order valence-electron chi connectivity index (χ0n) is 19.0. The Balaban J connectivity index is 1.45. The van der Waals surface area contributed by atoms with Gasteiger partial charge in [-0.2, -0.15) is 4.98 Å². The SMILES string of the molecule is CC[C@H](C)[C@H](NC(=O)OCc1ccccc1)C(=O)OCCOCn1cnc2c(=O)[nH]c(N)nc21. The molecule has 0 spiro atoms. The number of amides is 1. The predicted octanol–water partition coefficient (Wildman–Crippen LogP) is 1.56. The number of carbonyl (C=O) groups is 2. The van der Waals surface area contributed by atoms with Crippen molar-refractivity contribution in [3.05, 3.63) is 52.6 Å². The van der Waals surface area contributed by atoms with Crippen molar-refractivity contribution in [1.82, 2.24) is 24.8 Å². The molecule has 0 saturated heterocycles. The zero-order chi connectivity index (χ0) is 24.5. The number of ether oxygens (including phenoxy) is 3. The Morgan fingerprint density at radius 1 is 1.21 bits per heavy atom. The third-order valence-corrected chi connectivity index (χ3v) is 5.15. The molecule has 0 aliphatic rings. The Morgan fingerprint density at radius 3 is 2.71 bits per heavy atom. The highest BCUT2D eigenvalue weighted by Gasteiger charge is 2.28. The van der Waals surface area contributed by atoms with Crippen LogP contribution in [-0.2, 0) is 32.3 Å². The minimum Gasteiger partial charge on any atom is -0.462 e. The Morgan fingerprint density at radius 2 is 1.97 bits per heavy atom. The standard InChI is InChI=1S/C22H28N6O6/c1-3-14(2)16(25-22(31)34-11-15-7-5-4-6-8-15)20(30)33-10-9-32-13-28-12-24-17-18(28)26-21(23)27-19(17)29/h4-8,12,14,16H,3,9-11,13H2,1-2H3,(H,25,31)(H3,23,26,27,29)/t14-,16-/m0/s1. The van der Waals surface area contributed by atoms with E-state index in [1.807, 2.05) is 44.2 Å². The molecule has 2 heterocycles. The normalized spacial score (nSPS) is 12.8. The first-order valence-corrected chi connectivity index (χ1v) is 10.8. The highest BCUT2D eigenvalue weighted by atomic mass is 16.6. The molecule has 12 heteroatoms. The van der Waals surface area contributed by atoms with Crippen molar-refractivity contribution in [2.45, 2.75) is 39.6 Å². The van der Waals surface area contributed by atoms with Gasteiger partial charge in [0, 0.05) is 0 Å². The van der Waals surface area contributed by atoms with E-state index in [1.165, 1.54) is 10.9 Å². The summed E-state index contributed by atoms with van der Waals surface area (Å²) >= 11 is 0. The molecule has 34 heavy (non-hydrogen) atoms. The fourth-order valence-electron chi connectivity index (χ4n) is 3.08. The van der Waals surface area contributed by atoms with Crippen molar-refractivity contribution < 1.29 is 23.8 Å². The number of hydrogen-bond acceptors (Lipinski definition) is 9. The van der Waals surface area contributed by atoms with Crippen LogP contribution >= 0.6 is 0 Å². The summed E-state index contributed by atoms with van der Waals surface area (Å²) < 4.78 is 17.5. The summed E-state index contributed by atoms with van der Waals surface area (Å²) in [6, 6.07) is 8.38. The van der Waals surface area contributed by atoms with Crippen LogP contribution < -0.4 is 16.6 Å². The van der Waals surface area contributed by atoms with Gasteiger partial charge in [0.1, 0.15) is 26.0 Å². The summed E-state index contributed by atoms with van der Waals surface area (Å²) in [6.45, 7) is 3.92. The maximum absolute atomic E-state index is 12.6.